The molecule has 0 saturated carbocycles. The van der Waals surface area contributed by atoms with E-state index < -0.39 is 0 Å². The predicted octanol–water partition coefficient (Wildman–Crippen LogP) is 3.05. The van der Waals surface area contributed by atoms with E-state index in [1.165, 1.54) is 11.1 Å². The zero-order valence-electron chi connectivity index (χ0n) is 13.2. The Morgan fingerprint density at radius 2 is 2.24 bits per heavy atom. The summed E-state index contributed by atoms with van der Waals surface area (Å²) in [6.45, 7) is 7.03. The van der Waals surface area contributed by atoms with E-state index in [9.17, 15) is 4.79 Å². The predicted molar refractivity (Wildman–Crippen MR) is 86.7 cm³/mol. The van der Waals surface area contributed by atoms with Crippen molar-refractivity contribution in [2.45, 2.75) is 46.0 Å². The van der Waals surface area contributed by atoms with Gasteiger partial charge in [0.05, 0.1) is 5.41 Å². The summed E-state index contributed by atoms with van der Waals surface area (Å²) in [6, 6.07) is 6.51. The zero-order valence-corrected chi connectivity index (χ0v) is 13.2. The Kier molecular flexibility index (Phi) is 4.03. The smallest absolute Gasteiger partial charge is 0.234 e. The first-order chi connectivity index (χ1) is 10.2. The minimum absolute atomic E-state index is 0.197. The normalized spacial score (nSPS) is 25.5. The van der Waals surface area contributed by atoms with Gasteiger partial charge >= 0.3 is 0 Å². The van der Waals surface area contributed by atoms with E-state index in [1.54, 1.807) is 0 Å². The second kappa shape index (κ2) is 5.80. The van der Waals surface area contributed by atoms with Crippen molar-refractivity contribution in [2.24, 2.45) is 5.41 Å². The molecule has 1 aromatic rings. The van der Waals surface area contributed by atoms with Crippen LogP contribution in [0.4, 0.5) is 5.69 Å². The molecule has 21 heavy (non-hydrogen) atoms. The van der Waals surface area contributed by atoms with E-state index in [1.807, 2.05) is 0 Å². The number of aryl methyl sites for hydroxylation is 2. The van der Waals surface area contributed by atoms with Gasteiger partial charge < -0.3 is 10.2 Å². The van der Waals surface area contributed by atoms with Gasteiger partial charge in [-0.3, -0.25) is 4.79 Å². The molecule has 1 atom stereocenters. The van der Waals surface area contributed by atoms with Crippen molar-refractivity contribution in [2.75, 3.05) is 24.5 Å². The lowest BCUT2D eigenvalue weighted by Crippen LogP contribution is -2.52. The molecule has 1 saturated heterocycles. The topological polar surface area (TPSA) is 32.3 Å². The molecule has 1 aromatic carbocycles. The zero-order chi connectivity index (χ0) is 14.9. The lowest BCUT2D eigenvalue weighted by molar-refractivity contribution is -0.129. The number of anilines is 1. The third-order valence-corrected chi connectivity index (χ3v) is 5.20. The summed E-state index contributed by atoms with van der Waals surface area (Å²) >= 11 is 0. The molecule has 3 rings (SSSR count). The van der Waals surface area contributed by atoms with E-state index in [-0.39, 0.29) is 5.41 Å². The van der Waals surface area contributed by atoms with Crippen LogP contribution in [-0.2, 0) is 11.2 Å². The molecule has 0 aromatic heterocycles. The Morgan fingerprint density at radius 3 is 2.95 bits per heavy atom. The van der Waals surface area contributed by atoms with Crippen molar-refractivity contribution in [3.05, 3.63) is 29.3 Å². The average molecular weight is 286 g/mol. The van der Waals surface area contributed by atoms with E-state index >= 15 is 0 Å². The SMILES string of the molecule is CCC1(C(=O)N2CCCc3cc(C)ccc32)CCCNC1. The summed E-state index contributed by atoms with van der Waals surface area (Å²) in [5.74, 6) is 0.335. The number of nitrogens with zero attached hydrogens (tertiary/aromatic N) is 1. The fraction of sp³-hybridized carbons (Fsp3) is 0.611. The third-order valence-electron chi connectivity index (χ3n) is 5.20. The first-order valence-electron chi connectivity index (χ1n) is 8.28. The van der Waals surface area contributed by atoms with Crippen molar-refractivity contribution in [1.29, 1.82) is 0 Å². The van der Waals surface area contributed by atoms with Gasteiger partial charge in [-0.25, -0.2) is 0 Å². The van der Waals surface area contributed by atoms with E-state index in [2.05, 4.69) is 42.3 Å². The van der Waals surface area contributed by atoms with Gasteiger partial charge in [0.2, 0.25) is 5.91 Å². The molecule has 3 heteroatoms. The minimum atomic E-state index is -0.197. The van der Waals surface area contributed by atoms with Crippen LogP contribution in [0.3, 0.4) is 0 Å². The quantitative estimate of drug-likeness (QED) is 0.906. The molecule has 2 aliphatic rings. The lowest BCUT2D eigenvalue weighted by Gasteiger charge is -2.41. The molecule has 1 unspecified atom stereocenters. The maximum atomic E-state index is 13.2. The molecular formula is C18H26N2O. The lowest BCUT2D eigenvalue weighted by atomic mass is 9.76. The Bertz CT molecular complexity index is 532. The Morgan fingerprint density at radius 1 is 1.38 bits per heavy atom. The van der Waals surface area contributed by atoms with Crippen molar-refractivity contribution < 1.29 is 4.79 Å². The van der Waals surface area contributed by atoms with Gasteiger partial charge in [-0.15, -0.1) is 0 Å². The van der Waals surface area contributed by atoms with Crippen LogP contribution in [0.25, 0.3) is 0 Å². The molecule has 0 spiro atoms. The second-order valence-electron chi connectivity index (χ2n) is 6.61. The average Bonchev–Trinajstić information content (AvgIpc) is 2.54. The highest BCUT2D eigenvalue weighted by Gasteiger charge is 2.41. The van der Waals surface area contributed by atoms with Gasteiger partial charge in [-0.1, -0.05) is 24.6 Å². The number of fused-ring (bicyclic) bond motifs is 1. The van der Waals surface area contributed by atoms with Gasteiger partial charge in [0.1, 0.15) is 0 Å². The number of hydrogen-bond acceptors (Lipinski definition) is 2. The Balaban J connectivity index is 1.92. The molecule has 1 fully saturated rings. The minimum Gasteiger partial charge on any atom is -0.316 e. The third kappa shape index (κ3) is 2.59. The number of piperidine rings is 1. The van der Waals surface area contributed by atoms with E-state index in [0.29, 0.717) is 5.91 Å². The first-order valence-corrected chi connectivity index (χ1v) is 8.28. The van der Waals surface area contributed by atoms with Crippen LogP contribution < -0.4 is 10.2 Å². The Hall–Kier alpha value is -1.35. The summed E-state index contributed by atoms with van der Waals surface area (Å²) in [6.07, 6.45) is 5.23. The maximum absolute atomic E-state index is 13.2. The van der Waals surface area contributed by atoms with Crippen LogP contribution >= 0.6 is 0 Å². The first kappa shape index (κ1) is 14.6. The number of carbonyl (C=O) groups excluding carboxylic acids is 1. The largest absolute Gasteiger partial charge is 0.316 e. The molecule has 0 bridgehead atoms. The highest BCUT2D eigenvalue weighted by atomic mass is 16.2. The molecular weight excluding hydrogens is 260 g/mol. The van der Waals surface area contributed by atoms with E-state index in [0.717, 1.165) is 57.4 Å². The molecule has 0 radical (unpaired) electrons. The number of carbonyl (C=O) groups is 1. The summed E-state index contributed by atoms with van der Waals surface area (Å²) in [4.78, 5) is 15.3. The van der Waals surface area contributed by atoms with Crippen molar-refractivity contribution in [1.82, 2.24) is 5.32 Å². The fourth-order valence-electron chi connectivity index (χ4n) is 3.83. The summed E-state index contributed by atoms with van der Waals surface area (Å²) in [7, 11) is 0. The van der Waals surface area contributed by atoms with Crippen LogP contribution in [0.15, 0.2) is 18.2 Å². The van der Waals surface area contributed by atoms with Crippen molar-refractivity contribution >= 4 is 11.6 Å². The monoisotopic (exact) mass is 286 g/mol. The molecule has 3 nitrogen and oxygen atoms in total. The molecule has 2 heterocycles. The number of rotatable bonds is 2. The van der Waals surface area contributed by atoms with Gasteiger partial charge in [0.25, 0.3) is 0 Å². The summed E-state index contributed by atoms with van der Waals surface area (Å²) < 4.78 is 0. The van der Waals surface area contributed by atoms with Crippen LogP contribution in [0.5, 0.6) is 0 Å². The highest BCUT2D eigenvalue weighted by Crippen LogP contribution is 2.37. The molecule has 1 N–H and O–H groups in total. The van der Waals surface area contributed by atoms with Crippen molar-refractivity contribution in [3.63, 3.8) is 0 Å². The van der Waals surface area contributed by atoms with Gasteiger partial charge in [0.15, 0.2) is 0 Å². The number of benzene rings is 1. The highest BCUT2D eigenvalue weighted by molar-refractivity contribution is 5.99. The van der Waals surface area contributed by atoms with Gasteiger partial charge in [-0.05, 0) is 57.2 Å². The number of hydrogen-bond donors (Lipinski definition) is 1. The number of amides is 1. The summed E-state index contributed by atoms with van der Waals surface area (Å²) in [5.41, 5.74) is 3.57. The maximum Gasteiger partial charge on any atom is 0.234 e. The summed E-state index contributed by atoms with van der Waals surface area (Å²) in [5, 5.41) is 3.43. The number of nitrogens with one attached hydrogen (secondary N) is 1. The van der Waals surface area contributed by atoms with Gasteiger partial charge in [-0.2, -0.15) is 0 Å². The molecule has 2 aliphatic heterocycles. The van der Waals surface area contributed by atoms with Crippen LogP contribution in [0, 0.1) is 12.3 Å². The molecule has 1 amide bonds. The molecule has 0 aliphatic carbocycles. The van der Waals surface area contributed by atoms with E-state index in [4.69, 9.17) is 0 Å². The van der Waals surface area contributed by atoms with Gasteiger partial charge in [0, 0.05) is 18.8 Å². The second-order valence-corrected chi connectivity index (χ2v) is 6.61. The van der Waals surface area contributed by atoms with Crippen LogP contribution in [0.1, 0.15) is 43.7 Å². The Labute approximate surface area is 127 Å². The van der Waals surface area contributed by atoms with Crippen molar-refractivity contribution in [3.8, 4) is 0 Å². The fourth-order valence-corrected chi connectivity index (χ4v) is 3.83. The van der Waals surface area contributed by atoms with Crippen LogP contribution in [-0.4, -0.2) is 25.5 Å². The van der Waals surface area contributed by atoms with Crippen LogP contribution in [0.2, 0.25) is 0 Å². The standard InChI is InChI=1S/C18H26N2O/c1-3-18(9-5-10-19-13-18)17(21)20-11-4-6-15-12-14(2)7-8-16(15)20/h7-8,12,19H,3-6,9-11,13H2,1-2H3. The molecule has 114 valence electrons.